The minimum absolute atomic E-state index is 0.164. The molecule has 0 aliphatic carbocycles. The number of hydrogen-bond acceptors (Lipinski definition) is 3. The molecule has 2 aromatic rings. The first-order chi connectivity index (χ1) is 11.5. The number of amides is 2. The van der Waals surface area contributed by atoms with Crippen molar-refractivity contribution in [1.82, 2.24) is 5.32 Å². The van der Waals surface area contributed by atoms with Crippen molar-refractivity contribution in [3.63, 3.8) is 0 Å². The summed E-state index contributed by atoms with van der Waals surface area (Å²) in [6.07, 6.45) is 0. The Bertz CT molecular complexity index is 709. The van der Waals surface area contributed by atoms with Gasteiger partial charge in [-0.1, -0.05) is 19.9 Å². The molecule has 0 saturated heterocycles. The maximum absolute atomic E-state index is 12.3. The fourth-order valence-corrected chi connectivity index (χ4v) is 2.04. The Hall–Kier alpha value is -2.82. The van der Waals surface area contributed by atoms with Gasteiger partial charge in [0.25, 0.3) is 11.8 Å². The molecule has 0 unspecified atom stereocenters. The Labute approximate surface area is 142 Å². The number of nitrogens with one attached hydrogen (secondary N) is 2. The van der Waals surface area contributed by atoms with Crippen LogP contribution in [0.2, 0.25) is 0 Å². The first-order valence-corrected chi connectivity index (χ1v) is 7.86. The smallest absolute Gasteiger partial charge is 0.255 e. The van der Waals surface area contributed by atoms with Crippen LogP contribution in [0.3, 0.4) is 0 Å². The second-order valence-electron chi connectivity index (χ2n) is 5.84. The molecule has 0 fully saturated rings. The van der Waals surface area contributed by atoms with E-state index in [1.165, 1.54) is 0 Å². The summed E-state index contributed by atoms with van der Waals surface area (Å²) in [5.41, 5.74) is 1.69. The van der Waals surface area contributed by atoms with Gasteiger partial charge in [0.05, 0.1) is 6.61 Å². The standard InChI is InChI=1S/C19H22N2O3/c1-13(2)12-24-17-6-4-5-15(11-17)19(23)21-16-9-7-14(8-10-16)18(22)20-3/h4-11,13H,12H2,1-3H3,(H,20,22)(H,21,23). The zero-order valence-corrected chi connectivity index (χ0v) is 14.1. The quantitative estimate of drug-likeness (QED) is 0.855. The Morgan fingerprint density at radius 2 is 1.71 bits per heavy atom. The van der Waals surface area contributed by atoms with E-state index in [2.05, 4.69) is 24.5 Å². The van der Waals surface area contributed by atoms with Crippen LogP contribution in [-0.2, 0) is 0 Å². The summed E-state index contributed by atoms with van der Waals surface area (Å²) in [4.78, 5) is 23.8. The van der Waals surface area contributed by atoms with Crippen LogP contribution < -0.4 is 15.4 Å². The molecule has 2 N–H and O–H groups in total. The van der Waals surface area contributed by atoms with E-state index >= 15 is 0 Å². The minimum Gasteiger partial charge on any atom is -0.493 e. The van der Waals surface area contributed by atoms with Crippen molar-refractivity contribution in [2.24, 2.45) is 5.92 Å². The zero-order valence-electron chi connectivity index (χ0n) is 14.1. The average molecular weight is 326 g/mol. The van der Waals surface area contributed by atoms with Crippen molar-refractivity contribution in [3.05, 3.63) is 59.7 Å². The van der Waals surface area contributed by atoms with Gasteiger partial charge in [-0.05, 0) is 48.4 Å². The third kappa shape index (κ3) is 4.84. The molecular formula is C19H22N2O3. The molecule has 2 amide bonds. The summed E-state index contributed by atoms with van der Waals surface area (Å²) in [5.74, 6) is 0.702. The second-order valence-corrected chi connectivity index (χ2v) is 5.84. The van der Waals surface area contributed by atoms with Crippen LogP contribution in [0.5, 0.6) is 5.75 Å². The highest BCUT2D eigenvalue weighted by Crippen LogP contribution is 2.16. The lowest BCUT2D eigenvalue weighted by atomic mass is 10.1. The van der Waals surface area contributed by atoms with E-state index in [0.29, 0.717) is 35.1 Å². The van der Waals surface area contributed by atoms with Crippen LogP contribution in [-0.4, -0.2) is 25.5 Å². The predicted octanol–water partition coefficient (Wildman–Crippen LogP) is 3.33. The second kappa shape index (κ2) is 8.15. The first kappa shape index (κ1) is 17.5. The van der Waals surface area contributed by atoms with Gasteiger partial charge in [0.1, 0.15) is 5.75 Å². The number of benzene rings is 2. The van der Waals surface area contributed by atoms with Crippen LogP contribution >= 0.6 is 0 Å². The monoisotopic (exact) mass is 326 g/mol. The van der Waals surface area contributed by atoms with Crippen molar-refractivity contribution in [3.8, 4) is 5.75 Å². The molecule has 0 aliphatic rings. The van der Waals surface area contributed by atoms with Crippen LogP contribution in [0.25, 0.3) is 0 Å². The average Bonchev–Trinajstić information content (AvgIpc) is 2.60. The number of carbonyl (C=O) groups is 2. The number of carbonyl (C=O) groups excluding carboxylic acids is 2. The number of ether oxygens (including phenoxy) is 1. The van der Waals surface area contributed by atoms with Crippen molar-refractivity contribution >= 4 is 17.5 Å². The Morgan fingerprint density at radius 3 is 2.33 bits per heavy atom. The highest BCUT2D eigenvalue weighted by atomic mass is 16.5. The highest BCUT2D eigenvalue weighted by molar-refractivity contribution is 6.04. The molecule has 0 heterocycles. The molecule has 0 spiro atoms. The third-order valence-electron chi connectivity index (χ3n) is 3.31. The van der Waals surface area contributed by atoms with Crippen LogP contribution in [0.4, 0.5) is 5.69 Å². The lowest BCUT2D eigenvalue weighted by Gasteiger charge is -2.10. The SMILES string of the molecule is CNC(=O)c1ccc(NC(=O)c2cccc(OCC(C)C)c2)cc1. The summed E-state index contributed by atoms with van der Waals surface area (Å²) < 4.78 is 5.64. The maximum atomic E-state index is 12.3. The fraction of sp³-hybridized carbons (Fsp3) is 0.263. The van der Waals surface area contributed by atoms with E-state index in [9.17, 15) is 9.59 Å². The molecule has 126 valence electrons. The lowest BCUT2D eigenvalue weighted by Crippen LogP contribution is -2.18. The molecular weight excluding hydrogens is 304 g/mol. The Morgan fingerprint density at radius 1 is 1.00 bits per heavy atom. The highest BCUT2D eigenvalue weighted by Gasteiger charge is 2.09. The Balaban J connectivity index is 2.04. The van der Waals surface area contributed by atoms with Crippen molar-refractivity contribution in [2.75, 3.05) is 19.0 Å². The van der Waals surface area contributed by atoms with E-state index in [1.54, 1.807) is 49.5 Å². The van der Waals surface area contributed by atoms with Gasteiger partial charge in [-0.25, -0.2) is 0 Å². The first-order valence-electron chi connectivity index (χ1n) is 7.86. The molecule has 24 heavy (non-hydrogen) atoms. The van der Waals surface area contributed by atoms with Gasteiger partial charge < -0.3 is 15.4 Å². The van der Waals surface area contributed by atoms with E-state index in [-0.39, 0.29) is 11.8 Å². The normalized spacial score (nSPS) is 10.3. The summed E-state index contributed by atoms with van der Waals surface area (Å²) in [6.45, 7) is 4.74. The number of rotatable bonds is 6. The van der Waals surface area contributed by atoms with Gasteiger partial charge in [0, 0.05) is 23.9 Å². The van der Waals surface area contributed by atoms with Crippen molar-refractivity contribution in [2.45, 2.75) is 13.8 Å². The van der Waals surface area contributed by atoms with Gasteiger partial charge >= 0.3 is 0 Å². The molecule has 2 aromatic carbocycles. The van der Waals surface area contributed by atoms with Crippen LogP contribution in [0.1, 0.15) is 34.6 Å². The Kier molecular flexibility index (Phi) is 5.95. The summed E-state index contributed by atoms with van der Waals surface area (Å²) in [5, 5.41) is 5.36. The van der Waals surface area contributed by atoms with Crippen LogP contribution in [0.15, 0.2) is 48.5 Å². The number of hydrogen-bond donors (Lipinski definition) is 2. The van der Waals surface area contributed by atoms with Crippen LogP contribution in [0, 0.1) is 5.92 Å². The zero-order chi connectivity index (χ0) is 17.5. The molecule has 0 saturated carbocycles. The molecule has 0 aromatic heterocycles. The topological polar surface area (TPSA) is 67.4 Å². The molecule has 0 bridgehead atoms. The largest absolute Gasteiger partial charge is 0.493 e. The molecule has 0 radical (unpaired) electrons. The summed E-state index contributed by atoms with van der Waals surface area (Å²) >= 11 is 0. The number of anilines is 1. The van der Waals surface area contributed by atoms with E-state index in [4.69, 9.17) is 4.74 Å². The molecule has 5 nitrogen and oxygen atoms in total. The van der Waals surface area contributed by atoms with Crippen molar-refractivity contribution < 1.29 is 14.3 Å². The summed E-state index contributed by atoms with van der Waals surface area (Å²) in [7, 11) is 1.58. The van der Waals surface area contributed by atoms with E-state index in [1.807, 2.05) is 6.07 Å². The van der Waals surface area contributed by atoms with Gasteiger partial charge in [-0.2, -0.15) is 0 Å². The maximum Gasteiger partial charge on any atom is 0.255 e. The molecule has 5 heteroatoms. The van der Waals surface area contributed by atoms with Gasteiger partial charge in [0.15, 0.2) is 0 Å². The summed E-state index contributed by atoms with van der Waals surface area (Å²) in [6, 6.07) is 13.8. The van der Waals surface area contributed by atoms with E-state index in [0.717, 1.165) is 0 Å². The van der Waals surface area contributed by atoms with Gasteiger partial charge in [-0.3, -0.25) is 9.59 Å². The third-order valence-corrected chi connectivity index (χ3v) is 3.31. The fourth-order valence-electron chi connectivity index (χ4n) is 2.04. The molecule has 0 aliphatic heterocycles. The predicted molar refractivity (Wildman–Crippen MR) is 94.6 cm³/mol. The van der Waals surface area contributed by atoms with Gasteiger partial charge in [0.2, 0.25) is 0 Å². The lowest BCUT2D eigenvalue weighted by molar-refractivity contribution is 0.0962. The minimum atomic E-state index is -0.224. The molecule has 0 atom stereocenters. The molecule has 2 rings (SSSR count). The van der Waals surface area contributed by atoms with Gasteiger partial charge in [-0.15, -0.1) is 0 Å². The van der Waals surface area contributed by atoms with E-state index < -0.39 is 0 Å². The van der Waals surface area contributed by atoms with Crippen molar-refractivity contribution in [1.29, 1.82) is 0 Å².